The summed E-state index contributed by atoms with van der Waals surface area (Å²) in [5.74, 6) is 0.167. The van der Waals surface area contributed by atoms with Crippen molar-refractivity contribution in [1.29, 1.82) is 0 Å². The van der Waals surface area contributed by atoms with E-state index < -0.39 is 0 Å². The van der Waals surface area contributed by atoms with E-state index >= 15 is 0 Å². The number of hydrogen-bond acceptors (Lipinski definition) is 1. The molecule has 0 atom stereocenters. The van der Waals surface area contributed by atoms with E-state index in [1.165, 1.54) is 39.0 Å². The Hall–Kier alpha value is -0.460. The molecule has 0 aromatic carbocycles. The molecule has 54 valence electrons. The summed E-state index contributed by atoms with van der Waals surface area (Å²) in [5.41, 5.74) is 0. The summed E-state index contributed by atoms with van der Waals surface area (Å²) in [4.78, 5) is 0. The summed E-state index contributed by atoms with van der Waals surface area (Å²) >= 11 is 0. The van der Waals surface area contributed by atoms with E-state index in [1.54, 1.807) is 0 Å². The molecule has 9 heavy (non-hydrogen) atoms. The molecule has 0 spiro atoms. The largest absolute Gasteiger partial charge is 0.513 e. The molecule has 1 saturated carbocycles. The summed E-state index contributed by atoms with van der Waals surface area (Å²) < 4.78 is 0. The lowest BCUT2D eigenvalue weighted by atomic mass is 10.4. The Morgan fingerprint density at radius 1 is 1.11 bits per heavy atom. The van der Waals surface area contributed by atoms with Gasteiger partial charge in [-0.3, -0.25) is 0 Å². The lowest BCUT2D eigenvalue weighted by molar-refractivity contribution is 0.417. The van der Waals surface area contributed by atoms with Gasteiger partial charge in [0.05, 0.1) is 5.76 Å². The van der Waals surface area contributed by atoms with Gasteiger partial charge in [0.25, 0.3) is 0 Å². The second-order valence-corrected chi connectivity index (χ2v) is 2.50. The predicted octanol–water partition coefficient (Wildman–Crippen LogP) is 3.03. The highest BCUT2D eigenvalue weighted by atomic mass is 16.3. The zero-order valence-corrected chi connectivity index (χ0v) is 6.19. The quantitative estimate of drug-likeness (QED) is 0.497. The molecular weight excluding hydrogens is 112 g/mol. The fraction of sp³-hybridized carbons (Fsp3) is 0.750. The summed E-state index contributed by atoms with van der Waals surface area (Å²) in [6.07, 6.45) is 7.50. The molecular formula is C8H16O. The van der Waals surface area contributed by atoms with Crippen LogP contribution in [0.15, 0.2) is 12.3 Å². The molecule has 1 nitrogen and oxygen atoms in total. The van der Waals surface area contributed by atoms with Crippen molar-refractivity contribution in [2.45, 2.75) is 39.0 Å². The summed E-state index contributed by atoms with van der Waals surface area (Å²) in [5, 5.41) is 7.86. The van der Waals surface area contributed by atoms with Crippen LogP contribution in [0.5, 0.6) is 0 Å². The highest BCUT2D eigenvalue weighted by molar-refractivity contribution is 4.67. The number of hydrogen-bond donors (Lipinski definition) is 1. The first kappa shape index (κ1) is 8.54. The van der Waals surface area contributed by atoms with Gasteiger partial charge in [0.15, 0.2) is 0 Å². The molecule has 0 radical (unpaired) electrons. The Morgan fingerprint density at radius 2 is 1.22 bits per heavy atom. The van der Waals surface area contributed by atoms with Crippen molar-refractivity contribution < 1.29 is 5.11 Å². The molecule has 0 amide bonds. The molecule has 1 heteroatoms. The van der Waals surface area contributed by atoms with E-state index in [9.17, 15) is 0 Å². The SMILES string of the molecule is C1CCCC1.C=C(C)O. The third-order valence-electron chi connectivity index (χ3n) is 1.25. The fourth-order valence-corrected chi connectivity index (χ4v) is 0.884. The zero-order chi connectivity index (χ0) is 7.11. The van der Waals surface area contributed by atoms with E-state index in [0.717, 1.165) is 0 Å². The summed E-state index contributed by atoms with van der Waals surface area (Å²) in [6.45, 7) is 4.64. The molecule has 0 heterocycles. The normalized spacial score (nSPS) is 16.1. The van der Waals surface area contributed by atoms with Gasteiger partial charge in [0, 0.05) is 0 Å². The lowest BCUT2D eigenvalue weighted by Gasteiger charge is -1.68. The van der Waals surface area contributed by atoms with Crippen molar-refractivity contribution in [2.75, 3.05) is 0 Å². The number of aliphatic hydroxyl groups excluding tert-OH is 1. The monoisotopic (exact) mass is 128 g/mol. The van der Waals surface area contributed by atoms with E-state index in [1.807, 2.05) is 0 Å². The van der Waals surface area contributed by atoms with Crippen LogP contribution in [0.25, 0.3) is 0 Å². The van der Waals surface area contributed by atoms with Gasteiger partial charge in [0.1, 0.15) is 0 Å². The smallest absolute Gasteiger partial charge is 0.0820 e. The first-order valence-corrected chi connectivity index (χ1v) is 3.58. The van der Waals surface area contributed by atoms with Gasteiger partial charge < -0.3 is 5.11 Å². The van der Waals surface area contributed by atoms with Gasteiger partial charge in [0.2, 0.25) is 0 Å². The minimum atomic E-state index is 0.167. The Balaban J connectivity index is 0.000000148. The van der Waals surface area contributed by atoms with Crippen molar-refractivity contribution in [3.8, 4) is 0 Å². The molecule has 1 aliphatic rings. The maximum atomic E-state index is 7.86. The van der Waals surface area contributed by atoms with Gasteiger partial charge in [-0.05, 0) is 6.92 Å². The van der Waals surface area contributed by atoms with Crippen LogP contribution in [0.1, 0.15) is 39.0 Å². The first-order valence-electron chi connectivity index (χ1n) is 3.58. The fourth-order valence-electron chi connectivity index (χ4n) is 0.884. The van der Waals surface area contributed by atoms with Gasteiger partial charge in [-0.25, -0.2) is 0 Å². The molecule has 1 fully saturated rings. The van der Waals surface area contributed by atoms with E-state index in [4.69, 9.17) is 5.11 Å². The maximum absolute atomic E-state index is 7.86. The second kappa shape index (κ2) is 5.67. The molecule has 1 rings (SSSR count). The second-order valence-electron chi connectivity index (χ2n) is 2.50. The molecule has 0 saturated heterocycles. The standard InChI is InChI=1S/C5H10.C3H6O/c1-2-4-5-3-1;1-3(2)4/h1-5H2;4H,1H2,2H3. The highest BCUT2D eigenvalue weighted by Gasteiger charge is 1.95. The molecule has 0 aromatic heterocycles. The third kappa shape index (κ3) is 11.2. The minimum absolute atomic E-state index is 0.167. The van der Waals surface area contributed by atoms with Crippen LogP contribution in [0.4, 0.5) is 0 Å². The Bertz CT molecular complexity index is 61.0. The molecule has 0 aliphatic heterocycles. The van der Waals surface area contributed by atoms with Crippen LogP contribution >= 0.6 is 0 Å². The average molecular weight is 128 g/mol. The molecule has 1 N–H and O–H groups in total. The number of aliphatic hydroxyl groups is 1. The van der Waals surface area contributed by atoms with E-state index in [0.29, 0.717) is 0 Å². The zero-order valence-electron chi connectivity index (χ0n) is 6.19. The van der Waals surface area contributed by atoms with Crippen molar-refractivity contribution in [2.24, 2.45) is 0 Å². The average Bonchev–Trinajstić information content (AvgIpc) is 2.11. The molecule has 1 aliphatic carbocycles. The highest BCUT2D eigenvalue weighted by Crippen LogP contribution is 2.15. The van der Waals surface area contributed by atoms with Crippen molar-refractivity contribution >= 4 is 0 Å². The van der Waals surface area contributed by atoms with Crippen molar-refractivity contribution in [3.63, 3.8) is 0 Å². The maximum Gasteiger partial charge on any atom is 0.0820 e. The first-order chi connectivity index (χ1) is 4.23. The van der Waals surface area contributed by atoms with Crippen molar-refractivity contribution in [1.82, 2.24) is 0 Å². The van der Waals surface area contributed by atoms with Crippen molar-refractivity contribution in [3.05, 3.63) is 12.3 Å². The van der Waals surface area contributed by atoms with Crippen LogP contribution < -0.4 is 0 Å². The van der Waals surface area contributed by atoms with Crippen LogP contribution in [0.2, 0.25) is 0 Å². The van der Waals surface area contributed by atoms with Crippen LogP contribution in [-0.2, 0) is 0 Å². The van der Waals surface area contributed by atoms with Gasteiger partial charge in [-0.1, -0.05) is 38.7 Å². The molecule has 0 unspecified atom stereocenters. The third-order valence-corrected chi connectivity index (χ3v) is 1.25. The van der Waals surface area contributed by atoms with E-state index in [2.05, 4.69) is 6.58 Å². The van der Waals surface area contributed by atoms with Gasteiger partial charge >= 0.3 is 0 Å². The van der Waals surface area contributed by atoms with Crippen LogP contribution in [0, 0.1) is 0 Å². The Labute approximate surface area is 57.4 Å². The summed E-state index contributed by atoms with van der Waals surface area (Å²) in [6, 6.07) is 0. The Kier molecular flexibility index (Phi) is 5.38. The molecule has 0 aromatic rings. The minimum Gasteiger partial charge on any atom is -0.513 e. The predicted molar refractivity (Wildman–Crippen MR) is 40.5 cm³/mol. The van der Waals surface area contributed by atoms with E-state index in [-0.39, 0.29) is 5.76 Å². The molecule has 0 bridgehead atoms. The lowest BCUT2D eigenvalue weighted by Crippen LogP contribution is -1.54. The van der Waals surface area contributed by atoms with Gasteiger partial charge in [-0.2, -0.15) is 0 Å². The van der Waals surface area contributed by atoms with Crippen LogP contribution in [-0.4, -0.2) is 5.11 Å². The van der Waals surface area contributed by atoms with Gasteiger partial charge in [-0.15, -0.1) is 0 Å². The number of allylic oxidation sites excluding steroid dienone is 1. The topological polar surface area (TPSA) is 20.2 Å². The van der Waals surface area contributed by atoms with Crippen LogP contribution in [0.3, 0.4) is 0 Å². The summed E-state index contributed by atoms with van der Waals surface area (Å²) in [7, 11) is 0. The Morgan fingerprint density at radius 3 is 1.33 bits per heavy atom. The number of rotatable bonds is 0.